The molecule has 136 valence electrons. The molecule has 2 fully saturated rings. The third-order valence-electron chi connectivity index (χ3n) is 5.04. The van der Waals surface area contributed by atoms with E-state index >= 15 is 0 Å². The van der Waals surface area contributed by atoms with Gasteiger partial charge in [-0.25, -0.2) is 0 Å². The number of rotatable bonds is 4. The van der Waals surface area contributed by atoms with Gasteiger partial charge in [-0.1, -0.05) is 6.07 Å². The lowest BCUT2D eigenvalue weighted by atomic mass is 9.84. The number of aromatic nitrogens is 2. The minimum Gasteiger partial charge on any atom is -0.373 e. The summed E-state index contributed by atoms with van der Waals surface area (Å²) in [6.45, 7) is 4.52. The number of nitrogens with zero attached hydrogens (tertiary/aromatic N) is 3. The molecule has 0 aliphatic carbocycles. The number of carbonyl (C=O) groups is 1. The van der Waals surface area contributed by atoms with Gasteiger partial charge in [-0.2, -0.15) is 0 Å². The molecule has 0 saturated carbocycles. The molecule has 0 aromatic carbocycles. The molecule has 4 rings (SSSR count). The molecular formula is C20H23N3O3. The van der Waals surface area contributed by atoms with Crippen molar-refractivity contribution in [2.75, 3.05) is 19.7 Å². The summed E-state index contributed by atoms with van der Waals surface area (Å²) < 4.78 is 12.1. The molecule has 0 bridgehead atoms. The van der Waals surface area contributed by atoms with Gasteiger partial charge in [0, 0.05) is 43.4 Å². The van der Waals surface area contributed by atoms with Crippen molar-refractivity contribution < 1.29 is 14.3 Å². The molecule has 6 nitrogen and oxygen atoms in total. The van der Waals surface area contributed by atoms with Crippen LogP contribution in [-0.4, -0.2) is 52.2 Å². The lowest BCUT2D eigenvalue weighted by Gasteiger charge is -2.53. The van der Waals surface area contributed by atoms with Crippen LogP contribution in [0.3, 0.4) is 0 Å². The highest BCUT2D eigenvalue weighted by Crippen LogP contribution is 2.36. The molecule has 2 aromatic rings. The van der Waals surface area contributed by atoms with Crippen molar-refractivity contribution in [2.45, 2.75) is 38.1 Å². The van der Waals surface area contributed by atoms with E-state index in [1.807, 2.05) is 24.2 Å². The van der Waals surface area contributed by atoms with E-state index in [4.69, 9.17) is 9.47 Å². The Kier molecular flexibility index (Phi) is 4.70. The summed E-state index contributed by atoms with van der Waals surface area (Å²) in [5.74, 6) is 0.0375. The molecule has 4 heterocycles. The van der Waals surface area contributed by atoms with Gasteiger partial charge in [-0.15, -0.1) is 0 Å². The number of likely N-dealkylation sites (tertiary alicyclic amines) is 1. The standard InChI is InChI=1S/C20H23N3O3/c1-15-8-16(11-22-10-15)12-25-18-4-7-26-20(9-18)13-23(14-20)19(24)17-2-5-21-6-3-17/h2-3,5-6,8,10-11,18H,4,7,9,12-14H2,1H3. The zero-order valence-electron chi connectivity index (χ0n) is 14.9. The van der Waals surface area contributed by atoms with E-state index in [0.717, 1.165) is 24.0 Å². The van der Waals surface area contributed by atoms with Gasteiger partial charge in [0.1, 0.15) is 5.60 Å². The molecule has 1 spiro atoms. The maximum absolute atomic E-state index is 12.5. The number of carbonyl (C=O) groups excluding carboxylic acids is 1. The third-order valence-corrected chi connectivity index (χ3v) is 5.04. The quantitative estimate of drug-likeness (QED) is 0.844. The maximum atomic E-state index is 12.5. The minimum absolute atomic E-state index is 0.0375. The van der Waals surface area contributed by atoms with Crippen molar-refractivity contribution >= 4 is 5.91 Å². The van der Waals surface area contributed by atoms with E-state index in [0.29, 0.717) is 31.9 Å². The highest BCUT2D eigenvalue weighted by molar-refractivity contribution is 5.94. The fraction of sp³-hybridized carbons (Fsp3) is 0.450. The summed E-state index contributed by atoms with van der Waals surface area (Å²) in [4.78, 5) is 22.5. The normalized spacial score (nSPS) is 21.4. The number of hydrogen-bond donors (Lipinski definition) is 0. The zero-order chi connectivity index (χ0) is 18.0. The molecule has 0 radical (unpaired) electrons. The lowest BCUT2D eigenvalue weighted by Crippen LogP contribution is -2.67. The zero-order valence-corrected chi connectivity index (χ0v) is 14.9. The lowest BCUT2D eigenvalue weighted by molar-refractivity contribution is -0.188. The first-order chi connectivity index (χ1) is 12.6. The van der Waals surface area contributed by atoms with Crippen molar-refractivity contribution in [3.8, 4) is 0 Å². The van der Waals surface area contributed by atoms with E-state index in [1.165, 1.54) is 0 Å². The maximum Gasteiger partial charge on any atom is 0.254 e. The van der Waals surface area contributed by atoms with Crippen LogP contribution in [-0.2, 0) is 16.1 Å². The van der Waals surface area contributed by atoms with Crippen molar-refractivity contribution in [3.63, 3.8) is 0 Å². The Hall–Kier alpha value is -2.31. The van der Waals surface area contributed by atoms with Gasteiger partial charge in [0.05, 0.1) is 25.8 Å². The van der Waals surface area contributed by atoms with Crippen LogP contribution in [0.25, 0.3) is 0 Å². The molecule has 1 atom stereocenters. The third kappa shape index (κ3) is 3.61. The molecule has 1 unspecified atom stereocenters. The van der Waals surface area contributed by atoms with Crippen molar-refractivity contribution in [2.24, 2.45) is 0 Å². The number of aryl methyl sites for hydroxylation is 1. The first-order valence-electron chi connectivity index (χ1n) is 8.99. The Morgan fingerprint density at radius 1 is 1.31 bits per heavy atom. The Labute approximate surface area is 153 Å². The van der Waals surface area contributed by atoms with E-state index in [-0.39, 0.29) is 17.6 Å². The topological polar surface area (TPSA) is 64.6 Å². The Morgan fingerprint density at radius 3 is 2.88 bits per heavy atom. The fourth-order valence-corrected chi connectivity index (χ4v) is 3.73. The first-order valence-corrected chi connectivity index (χ1v) is 8.99. The van der Waals surface area contributed by atoms with E-state index in [9.17, 15) is 4.79 Å². The molecule has 2 aliphatic rings. The first kappa shape index (κ1) is 17.1. The van der Waals surface area contributed by atoms with E-state index < -0.39 is 0 Å². The average molecular weight is 353 g/mol. The number of amides is 1. The summed E-state index contributed by atoms with van der Waals surface area (Å²) in [6, 6.07) is 5.59. The highest BCUT2D eigenvalue weighted by Gasteiger charge is 2.49. The van der Waals surface area contributed by atoms with Gasteiger partial charge in [-0.3, -0.25) is 14.8 Å². The van der Waals surface area contributed by atoms with Crippen molar-refractivity contribution in [3.05, 3.63) is 59.7 Å². The number of ether oxygens (including phenoxy) is 2. The molecule has 2 aliphatic heterocycles. The SMILES string of the molecule is Cc1cncc(COC2CCOC3(C2)CN(C(=O)c2ccncc2)C3)c1. The van der Waals surface area contributed by atoms with E-state index in [1.54, 1.807) is 24.5 Å². The second-order valence-corrected chi connectivity index (χ2v) is 7.22. The van der Waals surface area contributed by atoms with Gasteiger partial charge < -0.3 is 14.4 Å². The van der Waals surface area contributed by atoms with E-state index in [2.05, 4.69) is 16.0 Å². The molecule has 2 saturated heterocycles. The fourth-order valence-electron chi connectivity index (χ4n) is 3.73. The average Bonchev–Trinajstić information content (AvgIpc) is 2.65. The molecule has 1 amide bonds. The second kappa shape index (κ2) is 7.13. The number of hydrogen-bond acceptors (Lipinski definition) is 5. The van der Waals surface area contributed by atoms with Crippen LogP contribution < -0.4 is 0 Å². The predicted octanol–water partition coefficient (Wildman–Crippen LogP) is 2.38. The number of pyridine rings is 2. The van der Waals surface area contributed by atoms with Gasteiger partial charge in [0.2, 0.25) is 0 Å². The van der Waals surface area contributed by atoms with Crippen LogP contribution in [0.1, 0.15) is 34.3 Å². The van der Waals surface area contributed by atoms with Crippen molar-refractivity contribution in [1.82, 2.24) is 14.9 Å². The van der Waals surface area contributed by atoms with Crippen molar-refractivity contribution in [1.29, 1.82) is 0 Å². The summed E-state index contributed by atoms with van der Waals surface area (Å²) >= 11 is 0. The minimum atomic E-state index is -0.254. The Balaban J connectivity index is 1.31. The second-order valence-electron chi connectivity index (χ2n) is 7.22. The summed E-state index contributed by atoms with van der Waals surface area (Å²) in [7, 11) is 0. The molecule has 26 heavy (non-hydrogen) atoms. The smallest absolute Gasteiger partial charge is 0.254 e. The van der Waals surface area contributed by atoms with Crippen LogP contribution in [0.5, 0.6) is 0 Å². The van der Waals surface area contributed by atoms with Crippen LogP contribution in [0.4, 0.5) is 0 Å². The predicted molar refractivity (Wildman–Crippen MR) is 95.6 cm³/mol. The molecule has 0 N–H and O–H groups in total. The summed E-state index contributed by atoms with van der Waals surface area (Å²) in [6.07, 6.45) is 8.85. The highest BCUT2D eigenvalue weighted by atomic mass is 16.5. The monoisotopic (exact) mass is 353 g/mol. The Bertz CT molecular complexity index is 775. The molecule has 2 aromatic heterocycles. The van der Waals surface area contributed by atoms with Crippen LogP contribution in [0, 0.1) is 6.92 Å². The largest absolute Gasteiger partial charge is 0.373 e. The van der Waals surface area contributed by atoms with Gasteiger partial charge in [0.15, 0.2) is 0 Å². The summed E-state index contributed by atoms with van der Waals surface area (Å²) in [5.41, 5.74) is 2.65. The van der Waals surface area contributed by atoms with Gasteiger partial charge in [-0.05, 0) is 36.6 Å². The summed E-state index contributed by atoms with van der Waals surface area (Å²) in [5, 5.41) is 0. The van der Waals surface area contributed by atoms with Crippen LogP contribution in [0.15, 0.2) is 43.0 Å². The van der Waals surface area contributed by atoms with Crippen LogP contribution >= 0.6 is 0 Å². The Morgan fingerprint density at radius 2 is 2.12 bits per heavy atom. The molecule has 6 heteroatoms. The molecular weight excluding hydrogens is 330 g/mol. The van der Waals surface area contributed by atoms with Crippen LogP contribution in [0.2, 0.25) is 0 Å². The van der Waals surface area contributed by atoms with Gasteiger partial charge in [0.25, 0.3) is 5.91 Å². The van der Waals surface area contributed by atoms with Gasteiger partial charge >= 0.3 is 0 Å².